The summed E-state index contributed by atoms with van der Waals surface area (Å²) >= 11 is 1.77. The highest BCUT2D eigenvalue weighted by atomic mass is 32.1. The molecule has 0 saturated heterocycles. The van der Waals surface area contributed by atoms with E-state index < -0.39 is 0 Å². The quantitative estimate of drug-likeness (QED) is 0.810. The minimum absolute atomic E-state index is 0.622. The Morgan fingerprint density at radius 2 is 2.21 bits per heavy atom. The Morgan fingerprint density at radius 1 is 1.32 bits per heavy atom. The van der Waals surface area contributed by atoms with Crippen molar-refractivity contribution in [2.75, 3.05) is 20.2 Å². The first-order valence-corrected chi connectivity index (χ1v) is 7.00. The third kappa shape index (κ3) is 4.40. The molecule has 2 aromatic rings. The zero-order chi connectivity index (χ0) is 13.5. The molecule has 1 aromatic heterocycles. The fourth-order valence-electron chi connectivity index (χ4n) is 1.72. The van der Waals surface area contributed by atoms with Crippen LogP contribution >= 0.6 is 11.3 Å². The fourth-order valence-corrected chi connectivity index (χ4v) is 2.51. The van der Waals surface area contributed by atoms with Crippen LogP contribution in [0, 0.1) is 11.3 Å². The summed E-state index contributed by atoms with van der Waals surface area (Å²) in [6.07, 6.45) is 0. The van der Waals surface area contributed by atoms with Crippen molar-refractivity contribution in [2.45, 2.75) is 6.54 Å². The lowest BCUT2D eigenvalue weighted by Gasteiger charge is -2.16. The molecule has 0 N–H and O–H groups in total. The third-order valence-corrected chi connectivity index (χ3v) is 3.57. The molecule has 1 heterocycles. The number of thiophene rings is 1. The van der Waals surface area contributed by atoms with E-state index in [2.05, 4.69) is 35.5 Å². The molecular formula is C15H16N2OS. The van der Waals surface area contributed by atoms with Crippen LogP contribution in [-0.2, 0) is 6.54 Å². The van der Waals surface area contributed by atoms with Gasteiger partial charge in [-0.2, -0.15) is 5.26 Å². The fraction of sp³-hybridized carbons (Fsp3) is 0.267. The summed E-state index contributed by atoms with van der Waals surface area (Å²) in [6.45, 7) is 2.42. The van der Waals surface area contributed by atoms with E-state index >= 15 is 0 Å². The third-order valence-electron chi connectivity index (χ3n) is 2.71. The number of hydrogen-bond acceptors (Lipinski definition) is 4. The molecule has 19 heavy (non-hydrogen) atoms. The predicted molar refractivity (Wildman–Crippen MR) is 77.3 cm³/mol. The van der Waals surface area contributed by atoms with E-state index in [4.69, 9.17) is 10.00 Å². The van der Waals surface area contributed by atoms with Crippen LogP contribution in [-0.4, -0.2) is 25.1 Å². The maximum atomic E-state index is 8.81. The standard InChI is InChI=1S/C15H16N2OS/c1-17(12-15-6-3-9-19-15)7-8-18-14-5-2-4-13(10-14)11-16/h2-6,9-10H,7-8,12H2,1H3. The van der Waals surface area contributed by atoms with Crippen molar-refractivity contribution in [1.82, 2.24) is 4.90 Å². The summed E-state index contributed by atoms with van der Waals surface area (Å²) in [5.41, 5.74) is 0.629. The maximum Gasteiger partial charge on any atom is 0.120 e. The van der Waals surface area contributed by atoms with Crippen LogP contribution < -0.4 is 4.74 Å². The molecule has 0 saturated carbocycles. The molecule has 0 amide bonds. The molecule has 4 heteroatoms. The van der Waals surface area contributed by atoms with Crippen LogP contribution in [0.3, 0.4) is 0 Å². The molecule has 0 radical (unpaired) electrons. The maximum absolute atomic E-state index is 8.81. The Hall–Kier alpha value is -1.83. The van der Waals surface area contributed by atoms with Gasteiger partial charge < -0.3 is 4.74 Å². The topological polar surface area (TPSA) is 36.3 Å². The lowest BCUT2D eigenvalue weighted by Crippen LogP contribution is -2.23. The van der Waals surface area contributed by atoms with Gasteiger partial charge in [-0.05, 0) is 36.7 Å². The summed E-state index contributed by atoms with van der Waals surface area (Å²) < 4.78 is 5.65. The highest BCUT2D eigenvalue weighted by Gasteiger charge is 2.02. The van der Waals surface area contributed by atoms with E-state index in [9.17, 15) is 0 Å². The highest BCUT2D eigenvalue weighted by Crippen LogP contribution is 2.13. The normalized spacial score (nSPS) is 10.4. The van der Waals surface area contributed by atoms with Gasteiger partial charge in [-0.1, -0.05) is 12.1 Å². The second-order valence-electron chi connectivity index (χ2n) is 4.31. The molecule has 0 aliphatic carbocycles. The van der Waals surface area contributed by atoms with E-state index in [0.29, 0.717) is 12.2 Å². The number of rotatable bonds is 6. The summed E-state index contributed by atoms with van der Waals surface area (Å²) in [6, 6.07) is 13.6. The van der Waals surface area contributed by atoms with Crippen molar-refractivity contribution in [2.24, 2.45) is 0 Å². The molecule has 2 rings (SSSR count). The second-order valence-corrected chi connectivity index (χ2v) is 5.34. The van der Waals surface area contributed by atoms with Gasteiger partial charge in [0, 0.05) is 18.0 Å². The van der Waals surface area contributed by atoms with Gasteiger partial charge in [-0.15, -0.1) is 11.3 Å². The number of nitriles is 1. The van der Waals surface area contributed by atoms with Gasteiger partial charge in [0.05, 0.1) is 11.6 Å². The number of likely N-dealkylation sites (N-methyl/N-ethyl adjacent to an activating group) is 1. The Labute approximate surface area is 117 Å². The molecule has 0 unspecified atom stereocenters. The first-order chi connectivity index (χ1) is 9.28. The Morgan fingerprint density at radius 3 is 2.95 bits per heavy atom. The number of benzene rings is 1. The molecule has 98 valence electrons. The van der Waals surface area contributed by atoms with Gasteiger partial charge in [0.25, 0.3) is 0 Å². The zero-order valence-corrected chi connectivity index (χ0v) is 11.7. The van der Waals surface area contributed by atoms with E-state index in [1.165, 1.54) is 4.88 Å². The zero-order valence-electron chi connectivity index (χ0n) is 10.9. The molecular weight excluding hydrogens is 256 g/mol. The average molecular weight is 272 g/mol. The van der Waals surface area contributed by atoms with Gasteiger partial charge in [-0.25, -0.2) is 0 Å². The second kappa shape index (κ2) is 6.93. The Balaban J connectivity index is 1.75. The predicted octanol–water partition coefficient (Wildman–Crippen LogP) is 3.13. The Kier molecular flexibility index (Phi) is 4.96. The SMILES string of the molecule is CN(CCOc1cccc(C#N)c1)Cc1cccs1. The van der Waals surface area contributed by atoms with Crippen molar-refractivity contribution >= 4 is 11.3 Å². The van der Waals surface area contributed by atoms with E-state index in [-0.39, 0.29) is 0 Å². The smallest absolute Gasteiger partial charge is 0.120 e. The monoisotopic (exact) mass is 272 g/mol. The van der Waals surface area contributed by atoms with Crippen molar-refractivity contribution in [3.05, 3.63) is 52.2 Å². The molecule has 0 bridgehead atoms. The van der Waals surface area contributed by atoms with Crippen LogP contribution in [0.5, 0.6) is 5.75 Å². The lowest BCUT2D eigenvalue weighted by molar-refractivity contribution is 0.234. The average Bonchev–Trinajstić information content (AvgIpc) is 2.92. The first-order valence-electron chi connectivity index (χ1n) is 6.12. The van der Waals surface area contributed by atoms with Crippen molar-refractivity contribution in [3.8, 4) is 11.8 Å². The van der Waals surface area contributed by atoms with Gasteiger partial charge in [0.2, 0.25) is 0 Å². The largest absolute Gasteiger partial charge is 0.492 e. The molecule has 0 aliphatic rings. The molecule has 3 nitrogen and oxygen atoms in total. The number of nitrogens with zero attached hydrogens (tertiary/aromatic N) is 2. The van der Waals surface area contributed by atoms with Crippen molar-refractivity contribution < 1.29 is 4.74 Å². The number of hydrogen-bond donors (Lipinski definition) is 0. The first kappa shape index (κ1) is 13.6. The van der Waals surface area contributed by atoms with Gasteiger partial charge in [0.1, 0.15) is 12.4 Å². The van der Waals surface area contributed by atoms with Gasteiger partial charge in [-0.3, -0.25) is 4.90 Å². The van der Waals surface area contributed by atoms with Gasteiger partial charge in [0.15, 0.2) is 0 Å². The lowest BCUT2D eigenvalue weighted by atomic mass is 10.2. The van der Waals surface area contributed by atoms with E-state index in [1.54, 1.807) is 23.5 Å². The summed E-state index contributed by atoms with van der Waals surface area (Å²) in [5.74, 6) is 0.753. The molecule has 1 aromatic carbocycles. The molecule has 0 aliphatic heterocycles. The van der Waals surface area contributed by atoms with E-state index in [0.717, 1.165) is 18.8 Å². The highest BCUT2D eigenvalue weighted by molar-refractivity contribution is 7.09. The van der Waals surface area contributed by atoms with Crippen LogP contribution in [0.25, 0.3) is 0 Å². The Bertz CT molecular complexity index is 546. The summed E-state index contributed by atoms with van der Waals surface area (Å²) in [7, 11) is 2.08. The molecule has 0 atom stereocenters. The van der Waals surface area contributed by atoms with Crippen molar-refractivity contribution in [1.29, 1.82) is 5.26 Å². The van der Waals surface area contributed by atoms with Crippen LogP contribution in [0.15, 0.2) is 41.8 Å². The van der Waals surface area contributed by atoms with E-state index in [1.807, 2.05) is 12.1 Å². The minimum atomic E-state index is 0.622. The molecule has 0 fully saturated rings. The van der Waals surface area contributed by atoms with Crippen LogP contribution in [0.4, 0.5) is 0 Å². The molecule has 0 spiro atoms. The van der Waals surface area contributed by atoms with Crippen LogP contribution in [0.1, 0.15) is 10.4 Å². The summed E-state index contributed by atoms with van der Waals surface area (Å²) in [4.78, 5) is 3.58. The van der Waals surface area contributed by atoms with Gasteiger partial charge >= 0.3 is 0 Å². The summed E-state index contributed by atoms with van der Waals surface area (Å²) in [5, 5.41) is 10.9. The number of ether oxygens (including phenoxy) is 1. The minimum Gasteiger partial charge on any atom is -0.492 e. The van der Waals surface area contributed by atoms with Crippen LogP contribution in [0.2, 0.25) is 0 Å². The van der Waals surface area contributed by atoms with Crippen molar-refractivity contribution in [3.63, 3.8) is 0 Å².